The summed E-state index contributed by atoms with van der Waals surface area (Å²) in [5, 5.41) is 0. The molecule has 8 rings (SSSR count). The van der Waals surface area contributed by atoms with Crippen LogP contribution in [0.5, 0.6) is 0 Å². The molecule has 1 aromatic heterocycles. The van der Waals surface area contributed by atoms with E-state index >= 15 is 0 Å². The van der Waals surface area contributed by atoms with Gasteiger partial charge in [-0.2, -0.15) is 0 Å². The van der Waals surface area contributed by atoms with Crippen LogP contribution in [0, 0.1) is 0 Å². The molecule has 0 saturated heterocycles. The van der Waals surface area contributed by atoms with E-state index in [2.05, 4.69) is 146 Å². The van der Waals surface area contributed by atoms with E-state index in [1.165, 1.54) is 0 Å². The van der Waals surface area contributed by atoms with Crippen LogP contribution < -0.4 is 0 Å². The zero-order valence-electron chi connectivity index (χ0n) is 26.2. The Kier molecular flexibility index (Phi) is 7.92. The van der Waals surface area contributed by atoms with Gasteiger partial charge in [0.15, 0.2) is 17.5 Å². The summed E-state index contributed by atoms with van der Waals surface area (Å²) in [7, 11) is 0. The van der Waals surface area contributed by atoms with Crippen molar-refractivity contribution in [1.29, 1.82) is 0 Å². The Bertz CT molecular complexity index is 2250. The molecule has 0 N–H and O–H groups in total. The molecule has 1 heterocycles. The zero-order chi connectivity index (χ0) is 32.1. The largest absolute Gasteiger partial charge is 0.208 e. The van der Waals surface area contributed by atoms with Crippen LogP contribution in [0.4, 0.5) is 0 Å². The first kappa shape index (κ1) is 29.0. The average Bonchev–Trinajstić information content (AvgIpc) is 3.19. The van der Waals surface area contributed by atoms with Gasteiger partial charge in [-0.3, -0.25) is 0 Å². The first-order valence-corrected chi connectivity index (χ1v) is 16.1. The lowest BCUT2D eigenvalue weighted by atomic mass is 9.94. The molecule has 48 heavy (non-hydrogen) atoms. The summed E-state index contributed by atoms with van der Waals surface area (Å²) in [6.07, 6.45) is 0. The minimum absolute atomic E-state index is 0.625. The van der Waals surface area contributed by atoms with Gasteiger partial charge in [-0.05, 0) is 74.8 Å². The van der Waals surface area contributed by atoms with Crippen LogP contribution in [0.25, 0.3) is 78.7 Å². The highest BCUT2D eigenvalue weighted by atomic mass is 15.0. The fourth-order valence-electron chi connectivity index (χ4n) is 6.10. The quantitative estimate of drug-likeness (QED) is 0.179. The van der Waals surface area contributed by atoms with Gasteiger partial charge in [0.1, 0.15) is 0 Å². The molecule has 0 aliphatic carbocycles. The molecule has 8 aromatic rings. The second-order valence-electron chi connectivity index (χ2n) is 11.7. The predicted molar refractivity (Wildman–Crippen MR) is 198 cm³/mol. The molecule has 3 heteroatoms. The van der Waals surface area contributed by atoms with Gasteiger partial charge in [0.25, 0.3) is 0 Å². The molecule has 0 aliphatic heterocycles. The molecule has 3 nitrogen and oxygen atoms in total. The maximum atomic E-state index is 5.24. The van der Waals surface area contributed by atoms with Crippen molar-refractivity contribution in [2.75, 3.05) is 0 Å². The highest BCUT2D eigenvalue weighted by Crippen LogP contribution is 2.37. The summed E-state index contributed by atoms with van der Waals surface area (Å²) in [6, 6.07) is 65.2. The van der Waals surface area contributed by atoms with E-state index in [1.54, 1.807) is 0 Å². The molecule has 7 aromatic carbocycles. The van der Waals surface area contributed by atoms with E-state index in [-0.39, 0.29) is 0 Å². The van der Waals surface area contributed by atoms with Crippen molar-refractivity contribution in [3.63, 3.8) is 0 Å². The predicted octanol–water partition coefficient (Wildman–Crippen LogP) is 11.5. The van der Waals surface area contributed by atoms with E-state index < -0.39 is 0 Å². The molecule has 0 fully saturated rings. The third kappa shape index (κ3) is 6.05. The number of benzene rings is 7. The number of aromatic nitrogens is 3. The maximum absolute atomic E-state index is 5.24. The first-order valence-electron chi connectivity index (χ1n) is 16.1. The normalized spacial score (nSPS) is 10.9. The standard InChI is InChI=1S/C45H31N3/c1-6-16-32(17-7-1)37-26-27-41(42(31-37)35-22-12-4-13-23-35)45-47-43(36-24-14-5-15-25-36)46-44(48-45)40-29-38(33-18-8-2-9-19-33)28-39(30-40)34-20-10-3-11-21-34/h1-31H. The van der Waals surface area contributed by atoms with Crippen molar-refractivity contribution in [1.82, 2.24) is 15.0 Å². The van der Waals surface area contributed by atoms with Gasteiger partial charge < -0.3 is 0 Å². The lowest BCUT2D eigenvalue weighted by molar-refractivity contribution is 1.07. The number of nitrogens with zero attached hydrogens (tertiary/aromatic N) is 3. The second-order valence-corrected chi connectivity index (χ2v) is 11.7. The van der Waals surface area contributed by atoms with E-state index in [1.807, 2.05) is 42.5 Å². The zero-order valence-corrected chi connectivity index (χ0v) is 26.2. The first-order chi connectivity index (χ1) is 23.8. The van der Waals surface area contributed by atoms with Crippen LogP contribution in [0.1, 0.15) is 0 Å². The van der Waals surface area contributed by atoms with Gasteiger partial charge in [0, 0.05) is 16.7 Å². The smallest absolute Gasteiger partial charge is 0.164 e. The van der Waals surface area contributed by atoms with Crippen LogP contribution in [-0.4, -0.2) is 15.0 Å². The number of hydrogen-bond acceptors (Lipinski definition) is 3. The third-order valence-electron chi connectivity index (χ3n) is 8.53. The molecular formula is C45H31N3. The van der Waals surface area contributed by atoms with Crippen LogP contribution in [0.2, 0.25) is 0 Å². The van der Waals surface area contributed by atoms with Crippen molar-refractivity contribution < 1.29 is 0 Å². The molecule has 0 unspecified atom stereocenters. The van der Waals surface area contributed by atoms with Crippen LogP contribution in [0.3, 0.4) is 0 Å². The summed E-state index contributed by atoms with van der Waals surface area (Å²) in [5.74, 6) is 1.89. The fourth-order valence-corrected chi connectivity index (χ4v) is 6.10. The number of hydrogen-bond donors (Lipinski definition) is 0. The lowest BCUT2D eigenvalue weighted by Gasteiger charge is -2.15. The third-order valence-corrected chi connectivity index (χ3v) is 8.53. The van der Waals surface area contributed by atoms with Crippen molar-refractivity contribution in [2.45, 2.75) is 0 Å². The summed E-state index contributed by atoms with van der Waals surface area (Å²) in [4.78, 5) is 15.5. The molecule has 0 saturated carbocycles. The molecule has 0 bridgehead atoms. The Labute approximate surface area is 280 Å². The van der Waals surface area contributed by atoms with E-state index in [4.69, 9.17) is 15.0 Å². The van der Waals surface area contributed by atoms with Crippen molar-refractivity contribution in [3.05, 3.63) is 188 Å². The fraction of sp³-hybridized carbons (Fsp3) is 0. The Hall–Kier alpha value is -6.45. The van der Waals surface area contributed by atoms with Gasteiger partial charge in [0.05, 0.1) is 0 Å². The average molecular weight is 614 g/mol. The highest BCUT2D eigenvalue weighted by molar-refractivity contribution is 5.86. The minimum Gasteiger partial charge on any atom is -0.208 e. The molecule has 0 atom stereocenters. The Morgan fingerprint density at radius 2 is 0.583 bits per heavy atom. The van der Waals surface area contributed by atoms with Crippen LogP contribution >= 0.6 is 0 Å². The van der Waals surface area contributed by atoms with Crippen molar-refractivity contribution in [2.24, 2.45) is 0 Å². The highest BCUT2D eigenvalue weighted by Gasteiger charge is 2.18. The molecule has 0 aliphatic rings. The van der Waals surface area contributed by atoms with Gasteiger partial charge in [0.2, 0.25) is 0 Å². The molecular weight excluding hydrogens is 583 g/mol. The molecule has 226 valence electrons. The summed E-state index contributed by atoms with van der Waals surface area (Å²) in [6.45, 7) is 0. The monoisotopic (exact) mass is 613 g/mol. The van der Waals surface area contributed by atoms with Crippen LogP contribution in [0.15, 0.2) is 188 Å². The topological polar surface area (TPSA) is 38.7 Å². The number of rotatable bonds is 7. The van der Waals surface area contributed by atoms with Gasteiger partial charge >= 0.3 is 0 Å². The summed E-state index contributed by atoms with van der Waals surface area (Å²) >= 11 is 0. The van der Waals surface area contributed by atoms with Gasteiger partial charge in [-0.25, -0.2) is 15.0 Å². The molecule has 0 radical (unpaired) electrons. The Balaban J connectivity index is 1.36. The van der Waals surface area contributed by atoms with E-state index in [9.17, 15) is 0 Å². The SMILES string of the molecule is c1ccc(-c2cc(-c3ccccc3)cc(-c3nc(-c4ccccc4)nc(-c4ccc(-c5ccccc5)cc4-c4ccccc4)n3)c2)cc1. The van der Waals surface area contributed by atoms with E-state index in [0.717, 1.165) is 61.2 Å². The lowest BCUT2D eigenvalue weighted by Crippen LogP contribution is -2.01. The van der Waals surface area contributed by atoms with Gasteiger partial charge in [-0.15, -0.1) is 0 Å². The molecule has 0 amide bonds. The Morgan fingerprint density at radius 1 is 0.208 bits per heavy atom. The van der Waals surface area contributed by atoms with Crippen molar-refractivity contribution in [3.8, 4) is 78.7 Å². The summed E-state index contributed by atoms with van der Waals surface area (Å²) in [5.41, 5.74) is 11.8. The Morgan fingerprint density at radius 3 is 1.08 bits per heavy atom. The summed E-state index contributed by atoms with van der Waals surface area (Å²) < 4.78 is 0. The van der Waals surface area contributed by atoms with Crippen LogP contribution in [-0.2, 0) is 0 Å². The van der Waals surface area contributed by atoms with Crippen molar-refractivity contribution >= 4 is 0 Å². The minimum atomic E-state index is 0.625. The van der Waals surface area contributed by atoms with E-state index in [0.29, 0.717) is 17.5 Å². The molecule has 0 spiro atoms. The second kappa shape index (κ2) is 13.1. The maximum Gasteiger partial charge on any atom is 0.164 e. The van der Waals surface area contributed by atoms with Gasteiger partial charge in [-0.1, -0.05) is 158 Å².